The first kappa shape index (κ1) is 27.7. The third-order valence-electron chi connectivity index (χ3n) is 5.59. The number of halogens is 9. The second-order valence-corrected chi connectivity index (χ2v) is 10.3. The Balaban J connectivity index is 2.03. The van der Waals surface area contributed by atoms with Crippen LogP contribution in [0.2, 0.25) is 0 Å². The summed E-state index contributed by atoms with van der Waals surface area (Å²) >= 11 is 9.45. The molecule has 0 radical (unpaired) electrons. The predicted octanol–water partition coefficient (Wildman–Crippen LogP) is 9.93. The van der Waals surface area contributed by atoms with Gasteiger partial charge in [0.15, 0.2) is 46.1 Å². The highest BCUT2D eigenvalue weighted by atomic mass is 79.9. The van der Waals surface area contributed by atoms with Crippen LogP contribution in [0.1, 0.15) is 23.0 Å². The van der Waals surface area contributed by atoms with Gasteiger partial charge in [-0.1, -0.05) is 44.5 Å². The van der Waals surface area contributed by atoms with E-state index in [0.29, 0.717) is 0 Å². The summed E-state index contributed by atoms with van der Waals surface area (Å²) in [6, 6.07) is 5.37. The summed E-state index contributed by atoms with van der Waals surface area (Å²) in [5.74, 6) is -7.35. The molecular weight excluding hydrogens is 698 g/mol. The summed E-state index contributed by atoms with van der Waals surface area (Å²) in [6.45, 7) is 7.45. The zero-order valence-corrected chi connectivity index (χ0v) is 23.1. The van der Waals surface area contributed by atoms with Gasteiger partial charge in [-0.25, -0.2) is 26.3 Å². The van der Waals surface area contributed by atoms with Crippen molar-refractivity contribution < 1.29 is 35.5 Å². The first-order valence-electron chi connectivity index (χ1n) is 10.2. The number of benzene rings is 3. The molecule has 0 N–H and O–H groups in total. The molecule has 0 saturated heterocycles. The van der Waals surface area contributed by atoms with Crippen LogP contribution in [0.5, 0.6) is 0 Å². The maximum atomic E-state index is 14.7. The molecule has 0 aliphatic carbocycles. The van der Waals surface area contributed by atoms with E-state index in [-0.39, 0.29) is 41.3 Å². The van der Waals surface area contributed by atoms with Crippen LogP contribution in [-0.2, 0) is 10.3 Å². The van der Waals surface area contributed by atoms with Crippen molar-refractivity contribution >= 4 is 58.8 Å². The summed E-state index contributed by atoms with van der Waals surface area (Å²) in [6.07, 6.45) is 1.16. The van der Waals surface area contributed by atoms with Gasteiger partial charge in [-0.3, -0.25) is 0 Å². The van der Waals surface area contributed by atoms with Gasteiger partial charge in [0.05, 0.1) is 9.86 Å². The van der Waals surface area contributed by atoms with E-state index < -0.39 is 46.6 Å². The molecule has 4 aromatic rings. The van der Waals surface area contributed by atoms with Crippen molar-refractivity contribution in [1.82, 2.24) is 0 Å². The monoisotopic (exact) mass is 708 g/mol. The first-order chi connectivity index (χ1) is 17.4. The molecule has 2 atom stereocenters. The molecule has 4 rings (SSSR count). The fourth-order valence-corrected chi connectivity index (χ4v) is 5.44. The largest absolute Gasteiger partial charge is 0.456 e. The van der Waals surface area contributed by atoms with Crippen LogP contribution in [0, 0.1) is 34.9 Å². The van der Waals surface area contributed by atoms with Gasteiger partial charge in [-0.15, -0.1) is 6.58 Å². The van der Waals surface area contributed by atoms with Gasteiger partial charge in [0.2, 0.25) is 0 Å². The molecular formula is C26H13Br3F6O2. The minimum Gasteiger partial charge on any atom is -0.456 e. The van der Waals surface area contributed by atoms with Gasteiger partial charge in [0.25, 0.3) is 0 Å². The molecule has 2 nitrogen and oxygen atoms in total. The molecule has 0 aliphatic heterocycles. The number of ether oxygens (including phenoxy) is 1. The lowest BCUT2D eigenvalue weighted by molar-refractivity contribution is -0.0333. The number of hydrogen-bond acceptors (Lipinski definition) is 2. The number of fused-ring (bicyclic) bond motifs is 1. The molecule has 0 fully saturated rings. The van der Waals surface area contributed by atoms with E-state index in [0.717, 1.165) is 42.5 Å². The Kier molecular flexibility index (Phi) is 7.81. The molecule has 11 heteroatoms. The van der Waals surface area contributed by atoms with E-state index in [1.807, 2.05) is 0 Å². The molecule has 3 aromatic carbocycles. The smallest absolute Gasteiger partial charge is 0.171 e. The Hall–Kier alpha value is -2.34. The van der Waals surface area contributed by atoms with E-state index in [9.17, 15) is 26.3 Å². The van der Waals surface area contributed by atoms with Crippen molar-refractivity contribution in [2.75, 3.05) is 0 Å². The summed E-state index contributed by atoms with van der Waals surface area (Å²) in [5, 5.41) is -0.278. The van der Waals surface area contributed by atoms with Gasteiger partial charge in [0.1, 0.15) is 11.9 Å². The Morgan fingerprint density at radius 2 is 1.32 bits per heavy atom. The maximum absolute atomic E-state index is 14.7. The third-order valence-corrected chi connectivity index (χ3v) is 7.52. The second kappa shape index (κ2) is 10.4. The highest BCUT2D eigenvalue weighted by molar-refractivity contribution is 9.11. The van der Waals surface area contributed by atoms with Crippen molar-refractivity contribution in [3.8, 4) is 0 Å². The molecule has 1 heterocycles. The SMILES string of the molecule is C=CC(OC(C=C)(c1cc2c(F)c(F)cc(Br)c2o1)c1cc(F)c(F)cc1Br)c1cc(F)c(F)cc1Br. The molecule has 0 spiro atoms. The van der Waals surface area contributed by atoms with Crippen molar-refractivity contribution in [3.63, 3.8) is 0 Å². The van der Waals surface area contributed by atoms with Gasteiger partial charge in [-0.05, 0) is 58.4 Å². The third kappa shape index (κ3) is 4.82. The van der Waals surface area contributed by atoms with Crippen molar-refractivity contribution in [2.24, 2.45) is 0 Å². The lowest BCUT2D eigenvalue weighted by atomic mass is 9.89. The quantitative estimate of drug-likeness (QED) is 0.108. The maximum Gasteiger partial charge on any atom is 0.171 e. The summed E-state index contributed by atoms with van der Waals surface area (Å²) in [7, 11) is 0. The summed E-state index contributed by atoms with van der Waals surface area (Å²) in [4.78, 5) is 0. The zero-order valence-electron chi connectivity index (χ0n) is 18.3. The normalized spacial score (nSPS) is 14.0. The topological polar surface area (TPSA) is 22.4 Å². The second-order valence-electron chi connectivity index (χ2n) is 7.76. The molecule has 0 saturated carbocycles. The summed E-state index contributed by atoms with van der Waals surface area (Å²) < 4.78 is 97.5. The van der Waals surface area contributed by atoms with Crippen LogP contribution in [-0.4, -0.2) is 0 Å². The number of furan rings is 1. The first-order valence-corrected chi connectivity index (χ1v) is 12.6. The summed E-state index contributed by atoms with van der Waals surface area (Å²) in [5.41, 5.74) is -2.12. The lowest BCUT2D eigenvalue weighted by Gasteiger charge is -2.34. The highest BCUT2D eigenvalue weighted by Gasteiger charge is 2.41. The van der Waals surface area contributed by atoms with Crippen LogP contribution in [0.3, 0.4) is 0 Å². The van der Waals surface area contributed by atoms with Crippen LogP contribution < -0.4 is 0 Å². The van der Waals surface area contributed by atoms with E-state index in [4.69, 9.17) is 9.15 Å². The predicted molar refractivity (Wildman–Crippen MR) is 137 cm³/mol. The fraction of sp³-hybridized carbons (Fsp3) is 0.0769. The average Bonchev–Trinajstić information content (AvgIpc) is 3.31. The minimum absolute atomic E-state index is 0.00430. The molecule has 1 aromatic heterocycles. The van der Waals surface area contributed by atoms with Crippen LogP contribution >= 0.6 is 47.8 Å². The molecule has 0 aliphatic rings. The molecule has 2 unspecified atom stereocenters. The van der Waals surface area contributed by atoms with Crippen molar-refractivity contribution in [3.05, 3.63) is 127 Å². The van der Waals surface area contributed by atoms with Crippen LogP contribution in [0.4, 0.5) is 26.3 Å². The number of hydrogen-bond donors (Lipinski definition) is 0. The van der Waals surface area contributed by atoms with E-state index in [1.165, 1.54) is 6.08 Å². The van der Waals surface area contributed by atoms with Gasteiger partial charge in [0, 0.05) is 20.1 Å². The Morgan fingerprint density at radius 1 is 0.757 bits per heavy atom. The van der Waals surface area contributed by atoms with E-state index >= 15 is 0 Å². The Labute approximate surface area is 232 Å². The van der Waals surface area contributed by atoms with Crippen molar-refractivity contribution in [2.45, 2.75) is 11.7 Å². The van der Waals surface area contributed by atoms with Crippen LogP contribution in [0.25, 0.3) is 11.0 Å². The Morgan fingerprint density at radius 3 is 1.95 bits per heavy atom. The molecule has 0 bridgehead atoms. The lowest BCUT2D eigenvalue weighted by Crippen LogP contribution is -2.31. The van der Waals surface area contributed by atoms with Crippen LogP contribution in [0.15, 0.2) is 79.5 Å². The molecule has 37 heavy (non-hydrogen) atoms. The van der Waals surface area contributed by atoms with Crippen molar-refractivity contribution in [1.29, 1.82) is 0 Å². The average molecular weight is 711 g/mol. The fourth-order valence-electron chi connectivity index (χ4n) is 3.80. The standard InChI is InChI=1S/C26H13Br3F6O2/c1-3-22(11-5-17(30)19(32)8-14(11)27)37-26(4-2,13-7-18(31)20(33)9-15(13)28)23-6-12-24(35)21(34)10-16(29)25(12)36-23/h3-10,22H,1-2H2. The minimum atomic E-state index is -2.02. The van der Waals surface area contributed by atoms with E-state index in [1.54, 1.807) is 0 Å². The molecule has 192 valence electrons. The zero-order chi connectivity index (χ0) is 27.2. The highest BCUT2D eigenvalue weighted by Crippen LogP contribution is 2.47. The van der Waals surface area contributed by atoms with E-state index in [2.05, 4.69) is 60.9 Å². The Bertz CT molecular complexity index is 1570. The molecule has 0 amide bonds. The van der Waals surface area contributed by atoms with Gasteiger partial charge < -0.3 is 9.15 Å². The van der Waals surface area contributed by atoms with Gasteiger partial charge >= 0.3 is 0 Å². The van der Waals surface area contributed by atoms with Gasteiger partial charge in [-0.2, -0.15) is 0 Å². The number of rotatable bonds is 7.